The Bertz CT molecular complexity index is 219. The van der Waals surface area contributed by atoms with E-state index in [9.17, 15) is 0 Å². The summed E-state index contributed by atoms with van der Waals surface area (Å²) in [6.07, 6.45) is 9.76. The lowest BCUT2D eigenvalue weighted by atomic mass is 9.84. The molecule has 2 aliphatic rings. The first kappa shape index (κ1) is 12.8. The van der Waals surface area contributed by atoms with E-state index in [4.69, 9.17) is 0 Å². The summed E-state index contributed by atoms with van der Waals surface area (Å²) in [5.41, 5.74) is 0. The Kier molecular flexibility index (Phi) is 4.60. The van der Waals surface area contributed by atoms with Crippen LogP contribution in [0, 0.1) is 17.8 Å². The van der Waals surface area contributed by atoms with Gasteiger partial charge in [-0.15, -0.1) is 0 Å². The number of rotatable bonds is 6. The molecule has 0 aliphatic heterocycles. The summed E-state index contributed by atoms with van der Waals surface area (Å²) in [5, 5.41) is 3.75. The lowest BCUT2D eigenvalue weighted by Gasteiger charge is -2.27. The van der Waals surface area contributed by atoms with E-state index in [0.717, 1.165) is 17.8 Å². The fourth-order valence-corrected chi connectivity index (χ4v) is 4.57. The van der Waals surface area contributed by atoms with Gasteiger partial charge < -0.3 is 5.32 Å². The van der Waals surface area contributed by atoms with Crippen molar-refractivity contribution in [1.29, 1.82) is 0 Å². The maximum absolute atomic E-state index is 3.75. The van der Waals surface area contributed by atoms with Gasteiger partial charge in [0, 0.05) is 17.8 Å². The molecule has 2 heteroatoms. The van der Waals surface area contributed by atoms with Gasteiger partial charge in [0.1, 0.15) is 0 Å². The van der Waals surface area contributed by atoms with Crippen LogP contribution in [-0.2, 0) is 0 Å². The third-order valence-electron chi connectivity index (χ3n) is 4.53. The first-order valence-electron chi connectivity index (χ1n) is 6.94. The molecule has 16 heavy (non-hydrogen) atoms. The average molecular weight is 241 g/mol. The average Bonchev–Trinajstić information content (AvgIpc) is 2.78. The predicted octanol–water partition coefficient (Wildman–Crippen LogP) is 3.54. The molecule has 2 bridgehead atoms. The van der Waals surface area contributed by atoms with Crippen LogP contribution >= 0.6 is 11.8 Å². The van der Waals surface area contributed by atoms with Crippen molar-refractivity contribution in [2.24, 2.45) is 17.8 Å². The molecule has 0 saturated heterocycles. The topological polar surface area (TPSA) is 12.0 Å². The quantitative estimate of drug-likeness (QED) is 0.763. The van der Waals surface area contributed by atoms with Crippen molar-refractivity contribution >= 4 is 11.8 Å². The highest BCUT2D eigenvalue weighted by molar-refractivity contribution is 7.98. The Morgan fingerprint density at radius 2 is 2.00 bits per heavy atom. The number of thioether (sulfide) groups is 1. The summed E-state index contributed by atoms with van der Waals surface area (Å²) in [5.74, 6) is 4.47. The molecule has 2 rings (SSSR count). The molecule has 0 aromatic carbocycles. The van der Waals surface area contributed by atoms with Gasteiger partial charge >= 0.3 is 0 Å². The molecule has 2 aliphatic carbocycles. The van der Waals surface area contributed by atoms with Crippen LogP contribution in [0.1, 0.15) is 46.0 Å². The van der Waals surface area contributed by atoms with Gasteiger partial charge in [-0.2, -0.15) is 11.8 Å². The smallest absolute Gasteiger partial charge is 0.0132 e. The monoisotopic (exact) mass is 241 g/mol. The van der Waals surface area contributed by atoms with Crippen molar-refractivity contribution in [2.75, 3.05) is 12.0 Å². The summed E-state index contributed by atoms with van der Waals surface area (Å²) in [4.78, 5) is 0. The zero-order valence-corrected chi connectivity index (χ0v) is 11.9. The predicted molar refractivity (Wildman–Crippen MR) is 74.0 cm³/mol. The number of nitrogens with one attached hydrogen (secondary N) is 1. The van der Waals surface area contributed by atoms with E-state index in [2.05, 4.69) is 25.4 Å². The maximum Gasteiger partial charge on any atom is 0.0132 e. The number of hydrogen-bond acceptors (Lipinski definition) is 2. The Hall–Kier alpha value is 0.310. The summed E-state index contributed by atoms with van der Waals surface area (Å²) in [7, 11) is 0. The molecular weight excluding hydrogens is 214 g/mol. The van der Waals surface area contributed by atoms with E-state index < -0.39 is 0 Å². The Balaban J connectivity index is 1.69. The largest absolute Gasteiger partial charge is 0.311 e. The van der Waals surface area contributed by atoms with Crippen LogP contribution in [-0.4, -0.2) is 24.1 Å². The van der Waals surface area contributed by atoms with Crippen molar-refractivity contribution in [3.8, 4) is 0 Å². The normalized spacial score (nSPS) is 36.6. The maximum atomic E-state index is 3.75. The van der Waals surface area contributed by atoms with E-state index in [1.807, 2.05) is 11.8 Å². The lowest BCUT2D eigenvalue weighted by Crippen LogP contribution is -2.37. The molecule has 0 spiro atoms. The first-order valence-corrected chi connectivity index (χ1v) is 8.33. The van der Waals surface area contributed by atoms with Gasteiger partial charge in [0.15, 0.2) is 0 Å². The van der Waals surface area contributed by atoms with Crippen molar-refractivity contribution in [3.63, 3.8) is 0 Å². The minimum absolute atomic E-state index is 0.670. The van der Waals surface area contributed by atoms with Crippen LogP contribution in [0.4, 0.5) is 0 Å². The SMILES string of the molecule is CSC[C@H](C)N[C@H](C)C[C@H]1C[C@H]2CC[C@H]1C2. The second-order valence-corrected chi connectivity index (χ2v) is 7.01. The fraction of sp³-hybridized carbons (Fsp3) is 1.00. The first-order chi connectivity index (χ1) is 7.69. The van der Waals surface area contributed by atoms with Crippen LogP contribution < -0.4 is 5.32 Å². The van der Waals surface area contributed by atoms with Crippen molar-refractivity contribution in [3.05, 3.63) is 0 Å². The summed E-state index contributed by atoms with van der Waals surface area (Å²) < 4.78 is 0. The molecule has 0 radical (unpaired) electrons. The van der Waals surface area contributed by atoms with Gasteiger partial charge in [0.25, 0.3) is 0 Å². The van der Waals surface area contributed by atoms with Crippen molar-refractivity contribution < 1.29 is 0 Å². The third-order valence-corrected chi connectivity index (χ3v) is 5.36. The molecule has 5 atom stereocenters. The zero-order valence-electron chi connectivity index (χ0n) is 11.0. The summed E-state index contributed by atoms with van der Waals surface area (Å²) in [6.45, 7) is 4.69. The van der Waals surface area contributed by atoms with E-state index in [-0.39, 0.29) is 0 Å². The summed E-state index contributed by atoms with van der Waals surface area (Å²) in [6, 6.07) is 1.38. The third kappa shape index (κ3) is 3.16. The molecule has 94 valence electrons. The molecule has 0 amide bonds. The van der Waals surface area contributed by atoms with Gasteiger partial charge in [0.05, 0.1) is 0 Å². The zero-order chi connectivity index (χ0) is 11.5. The molecule has 1 N–H and O–H groups in total. The van der Waals surface area contributed by atoms with Crippen LogP contribution in [0.5, 0.6) is 0 Å². The molecular formula is C14H27NS. The van der Waals surface area contributed by atoms with Crippen molar-refractivity contribution in [2.45, 2.75) is 58.0 Å². The van der Waals surface area contributed by atoms with E-state index in [0.29, 0.717) is 12.1 Å². The molecule has 0 aromatic rings. The molecule has 0 unspecified atom stereocenters. The second kappa shape index (κ2) is 5.77. The standard InChI is InChI=1S/C14H27NS/c1-10(15-11(2)9-16-3)6-14-8-12-4-5-13(14)7-12/h10-15H,4-9H2,1-3H3/t10-,11+,12+,13+,14+/m1/s1. The number of hydrogen-bond donors (Lipinski definition) is 1. The van der Waals surface area contributed by atoms with Crippen LogP contribution in [0.2, 0.25) is 0 Å². The van der Waals surface area contributed by atoms with Gasteiger partial charge in [-0.25, -0.2) is 0 Å². The van der Waals surface area contributed by atoms with Crippen LogP contribution in [0.25, 0.3) is 0 Å². The highest BCUT2D eigenvalue weighted by Crippen LogP contribution is 2.49. The van der Waals surface area contributed by atoms with E-state index in [1.54, 1.807) is 6.42 Å². The minimum atomic E-state index is 0.670. The highest BCUT2D eigenvalue weighted by atomic mass is 32.2. The molecule has 0 aromatic heterocycles. The van der Waals surface area contributed by atoms with Crippen LogP contribution in [0.15, 0.2) is 0 Å². The lowest BCUT2D eigenvalue weighted by molar-refractivity contribution is 0.279. The van der Waals surface area contributed by atoms with Gasteiger partial charge in [-0.1, -0.05) is 6.42 Å². The summed E-state index contributed by atoms with van der Waals surface area (Å²) >= 11 is 1.94. The van der Waals surface area contributed by atoms with Gasteiger partial charge in [-0.3, -0.25) is 0 Å². The minimum Gasteiger partial charge on any atom is -0.311 e. The van der Waals surface area contributed by atoms with Crippen LogP contribution in [0.3, 0.4) is 0 Å². The number of fused-ring (bicyclic) bond motifs is 2. The molecule has 2 saturated carbocycles. The fourth-order valence-electron chi connectivity index (χ4n) is 3.97. The molecule has 0 heterocycles. The van der Waals surface area contributed by atoms with Crippen molar-refractivity contribution in [1.82, 2.24) is 5.32 Å². The van der Waals surface area contributed by atoms with Gasteiger partial charge in [0.2, 0.25) is 0 Å². The highest BCUT2D eigenvalue weighted by Gasteiger charge is 2.39. The second-order valence-electron chi connectivity index (χ2n) is 6.09. The van der Waals surface area contributed by atoms with E-state index >= 15 is 0 Å². The Morgan fingerprint density at radius 3 is 2.56 bits per heavy atom. The molecule has 2 fully saturated rings. The molecule has 1 nitrogen and oxygen atoms in total. The Morgan fingerprint density at radius 1 is 1.19 bits per heavy atom. The van der Waals surface area contributed by atoms with E-state index in [1.165, 1.54) is 31.4 Å². The van der Waals surface area contributed by atoms with Gasteiger partial charge in [-0.05, 0) is 63.5 Å². The Labute approximate surface area is 105 Å².